The second kappa shape index (κ2) is 7.17. The highest BCUT2D eigenvalue weighted by atomic mass is 32.1. The molecule has 1 N–H and O–H groups in total. The molecule has 0 spiro atoms. The number of piperazine rings is 1. The van der Waals surface area contributed by atoms with E-state index in [-0.39, 0.29) is 0 Å². The van der Waals surface area contributed by atoms with Crippen LogP contribution in [0, 0.1) is 6.92 Å². The molecule has 0 aliphatic carbocycles. The Bertz CT molecular complexity index is 604. The van der Waals surface area contributed by atoms with Crippen molar-refractivity contribution in [1.29, 1.82) is 0 Å². The molecule has 5 nitrogen and oxygen atoms in total. The third-order valence-corrected chi connectivity index (χ3v) is 4.78. The fraction of sp³-hybridized carbons (Fsp3) is 0.500. The second-order valence-electron chi connectivity index (χ2n) is 5.74. The van der Waals surface area contributed by atoms with Gasteiger partial charge in [0.1, 0.15) is 5.82 Å². The Hall–Kier alpha value is -1.50. The fourth-order valence-corrected chi connectivity index (χ4v) is 3.30. The molecule has 1 saturated heterocycles. The molecule has 6 heteroatoms. The van der Waals surface area contributed by atoms with Crippen molar-refractivity contribution in [2.24, 2.45) is 0 Å². The number of hydrogen-bond donors (Lipinski definition) is 1. The summed E-state index contributed by atoms with van der Waals surface area (Å²) in [5.74, 6) is 1.12. The van der Waals surface area contributed by atoms with E-state index in [9.17, 15) is 0 Å². The molecule has 0 radical (unpaired) electrons. The molecule has 118 valence electrons. The maximum Gasteiger partial charge on any atom is 0.133 e. The number of thiazole rings is 1. The van der Waals surface area contributed by atoms with Crippen LogP contribution in [-0.4, -0.2) is 48.1 Å². The van der Waals surface area contributed by atoms with Gasteiger partial charge < -0.3 is 15.1 Å². The third-order valence-electron chi connectivity index (χ3n) is 3.96. The molecule has 1 fully saturated rings. The molecular formula is C16H23N5S. The summed E-state index contributed by atoms with van der Waals surface area (Å²) in [5, 5.41) is 6.73. The molecule has 22 heavy (non-hydrogen) atoms. The fourth-order valence-electron chi connectivity index (χ4n) is 2.69. The van der Waals surface area contributed by atoms with Gasteiger partial charge in [-0.3, -0.25) is 0 Å². The van der Waals surface area contributed by atoms with E-state index in [1.807, 2.05) is 19.2 Å². The van der Waals surface area contributed by atoms with Gasteiger partial charge in [0.05, 0.1) is 10.7 Å². The van der Waals surface area contributed by atoms with E-state index >= 15 is 0 Å². The van der Waals surface area contributed by atoms with Gasteiger partial charge in [0.15, 0.2) is 0 Å². The molecule has 2 aromatic rings. The number of rotatable bonds is 5. The van der Waals surface area contributed by atoms with Crippen molar-refractivity contribution in [1.82, 2.24) is 20.2 Å². The standard InChI is InChI=1S/C16H23N5S/c1-13-19-15(12-22-13)11-17-10-14-4-3-5-18-16(14)21-8-6-20(2)7-9-21/h3-5,12,17H,6-11H2,1-2H3. The number of likely N-dealkylation sites (N-methyl/N-ethyl adjacent to an activating group) is 1. The van der Waals surface area contributed by atoms with Gasteiger partial charge >= 0.3 is 0 Å². The molecular weight excluding hydrogens is 294 g/mol. The van der Waals surface area contributed by atoms with Crippen LogP contribution in [0.5, 0.6) is 0 Å². The first kappa shape index (κ1) is 15.4. The minimum atomic E-state index is 0.807. The molecule has 0 amide bonds. The minimum Gasteiger partial charge on any atom is -0.354 e. The Morgan fingerprint density at radius 3 is 2.77 bits per heavy atom. The van der Waals surface area contributed by atoms with Gasteiger partial charge in [-0.1, -0.05) is 6.07 Å². The highest BCUT2D eigenvalue weighted by Crippen LogP contribution is 2.18. The third kappa shape index (κ3) is 3.82. The van der Waals surface area contributed by atoms with Crippen LogP contribution in [0.4, 0.5) is 5.82 Å². The number of hydrogen-bond acceptors (Lipinski definition) is 6. The lowest BCUT2D eigenvalue weighted by atomic mass is 10.2. The first-order valence-corrected chi connectivity index (χ1v) is 8.59. The molecule has 3 rings (SSSR count). The maximum atomic E-state index is 4.61. The number of aryl methyl sites for hydroxylation is 1. The van der Waals surface area contributed by atoms with Crippen LogP contribution in [0.15, 0.2) is 23.7 Å². The molecule has 1 aliphatic heterocycles. The summed E-state index contributed by atoms with van der Waals surface area (Å²) >= 11 is 1.70. The summed E-state index contributed by atoms with van der Waals surface area (Å²) in [6.45, 7) is 7.97. The van der Waals surface area contributed by atoms with Gasteiger partial charge in [-0.15, -0.1) is 11.3 Å². The zero-order chi connectivity index (χ0) is 15.4. The smallest absolute Gasteiger partial charge is 0.133 e. The molecule has 1 aliphatic rings. The van der Waals surface area contributed by atoms with Gasteiger partial charge in [-0.2, -0.15) is 0 Å². The SMILES string of the molecule is Cc1nc(CNCc2cccnc2N2CCN(C)CC2)cs1. The minimum absolute atomic E-state index is 0.807. The van der Waals surface area contributed by atoms with Crippen molar-refractivity contribution in [3.8, 4) is 0 Å². The van der Waals surface area contributed by atoms with E-state index in [4.69, 9.17) is 0 Å². The van der Waals surface area contributed by atoms with Gasteiger partial charge in [-0.25, -0.2) is 9.97 Å². The monoisotopic (exact) mass is 317 g/mol. The van der Waals surface area contributed by atoms with Crippen molar-refractivity contribution in [3.05, 3.63) is 40.0 Å². The van der Waals surface area contributed by atoms with Crippen LogP contribution in [-0.2, 0) is 13.1 Å². The Morgan fingerprint density at radius 1 is 1.23 bits per heavy atom. The van der Waals surface area contributed by atoms with Crippen LogP contribution >= 0.6 is 11.3 Å². The average Bonchev–Trinajstić information content (AvgIpc) is 2.94. The largest absolute Gasteiger partial charge is 0.354 e. The topological polar surface area (TPSA) is 44.3 Å². The predicted molar refractivity (Wildman–Crippen MR) is 91.3 cm³/mol. The summed E-state index contributed by atoms with van der Waals surface area (Å²) in [4.78, 5) is 13.9. The normalized spacial score (nSPS) is 16.2. The van der Waals surface area contributed by atoms with Crippen LogP contribution in [0.25, 0.3) is 0 Å². The predicted octanol–water partition coefficient (Wildman–Crippen LogP) is 1.89. The molecule has 0 saturated carbocycles. The van der Waals surface area contributed by atoms with Crippen LogP contribution in [0.1, 0.15) is 16.3 Å². The van der Waals surface area contributed by atoms with Crippen molar-refractivity contribution >= 4 is 17.2 Å². The first-order chi connectivity index (χ1) is 10.7. The summed E-state index contributed by atoms with van der Waals surface area (Å²) in [5.41, 5.74) is 2.38. The lowest BCUT2D eigenvalue weighted by Gasteiger charge is -2.34. The summed E-state index contributed by atoms with van der Waals surface area (Å²) in [6, 6.07) is 4.18. The van der Waals surface area contributed by atoms with Crippen molar-refractivity contribution < 1.29 is 0 Å². The van der Waals surface area contributed by atoms with E-state index < -0.39 is 0 Å². The molecule has 3 heterocycles. The molecule has 0 bridgehead atoms. The van der Waals surface area contributed by atoms with Crippen molar-refractivity contribution in [3.63, 3.8) is 0 Å². The second-order valence-corrected chi connectivity index (χ2v) is 6.80. The number of aromatic nitrogens is 2. The van der Waals surface area contributed by atoms with Gasteiger partial charge in [0, 0.05) is 56.4 Å². The highest BCUT2D eigenvalue weighted by molar-refractivity contribution is 7.09. The van der Waals surface area contributed by atoms with Gasteiger partial charge in [0.2, 0.25) is 0 Å². The maximum absolute atomic E-state index is 4.61. The van der Waals surface area contributed by atoms with Crippen molar-refractivity contribution in [2.45, 2.75) is 20.0 Å². The Morgan fingerprint density at radius 2 is 2.05 bits per heavy atom. The number of nitrogens with one attached hydrogen (secondary N) is 1. The Balaban J connectivity index is 1.61. The first-order valence-electron chi connectivity index (χ1n) is 7.71. The number of anilines is 1. The molecule has 0 aromatic carbocycles. The summed E-state index contributed by atoms with van der Waals surface area (Å²) in [7, 11) is 2.17. The van der Waals surface area contributed by atoms with E-state index in [0.717, 1.165) is 55.8 Å². The number of pyridine rings is 1. The van der Waals surface area contributed by atoms with Gasteiger partial charge in [0.25, 0.3) is 0 Å². The molecule has 0 atom stereocenters. The highest BCUT2D eigenvalue weighted by Gasteiger charge is 2.17. The Labute approximate surface area is 136 Å². The van der Waals surface area contributed by atoms with Crippen LogP contribution < -0.4 is 10.2 Å². The lowest BCUT2D eigenvalue weighted by molar-refractivity contribution is 0.311. The zero-order valence-corrected chi connectivity index (χ0v) is 14.1. The number of nitrogens with zero attached hydrogens (tertiary/aromatic N) is 4. The average molecular weight is 317 g/mol. The van der Waals surface area contributed by atoms with E-state index in [1.54, 1.807) is 11.3 Å². The van der Waals surface area contributed by atoms with Crippen LogP contribution in [0.2, 0.25) is 0 Å². The zero-order valence-electron chi connectivity index (χ0n) is 13.2. The molecule has 0 unspecified atom stereocenters. The van der Waals surface area contributed by atoms with E-state index in [0.29, 0.717) is 0 Å². The lowest BCUT2D eigenvalue weighted by Crippen LogP contribution is -2.45. The van der Waals surface area contributed by atoms with Crippen molar-refractivity contribution in [2.75, 3.05) is 38.1 Å². The quantitative estimate of drug-likeness (QED) is 0.912. The summed E-state index contributed by atoms with van der Waals surface area (Å²) < 4.78 is 0. The Kier molecular flexibility index (Phi) is 5.02. The van der Waals surface area contributed by atoms with Crippen LogP contribution in [0.3, 0.4) is 0 Å². The van der Waals surface area contributed by atoms with E-state index in [1.165, 1.54) is 5.56 Å². The summed E-state index contributed by atoms with van der Waals surface area (Å²) in [6.07, 6.45) is 1.89. The molecule has 2 aromatic heterocycles. The van der Waals surface area contributed by atoms with Gasteiger partial charge in [-0.05, 0) is 20.0 Å². The van der Waals surface area contributed by atoms with E-state index in [2.05, 4.69) is 43.6 Å².